The minimum atomic E-state index is -3.20. The SMILES string of the molecule is C[SH](O)(Cc1cc(NCCCCOc2cc(F)ccc2-c2nc(Cl)ncc2F)cc([N+](=O)[O-])c1)=NC(=O)O. The molecule has 1 aromatic heterocycles. The van der Waals surface area contributed by atoms with Gasteiger partial charge >= 0.3 is 6.09 Å². The Labute approximate surface area is 221 Å². The Kier molecular flexibility index (Phi) is 9.61. The normalized spacial score (nSPS) is 11.6. The second-order valence-corrected chi connectivity index (χ2v) is 11.3. The number of nitro groups is 1. The summed E-state index contributed by atoms with van der Waals surface area (Å²) in [7, 11) is -3.20. The number of nitrogens with zero attached hydrogens (tertiary/aromatic N) is 4. The third-order valence-corrected chi connectivity index (χ3v) is 6.79. The zero-order valence-electron chi connectivity index (χ0n) is 20.0. The molecule has 1 heterocycles. The molecule has 0 aliphatic carbocycles. The van der Waals surface area contributed by atoms with Gasteiger partial charge in [-0.15, -0.1) is 0 Å². The van der Waals surface area contributed by atoms with E-state index in [-0.39, 0.29) is 40.3 Å². The van der Waals surface area contributed by atoms with Crippen LogP contribution in [0.3, 0.4) is 0 Å². The van der Waals surface area contributed by atoms with Gasteiger partial charge in [-0.3, -0.25) is 10.1 Å². The van der Waals surface area contributed by atoms with Crippen LogP contribution in [-0.2, 0) is 15.9 Å². The van der Waals surface area contributed by atoms with Crippen molar-refractivity contribution in [3.63, 3.8) is 0 Å². The van der Waals surface area contributed by atoms with Crippen LogP contribution in [0.15, 0.2) is 47.0 Å². The first-order chi connectivity index (χ1) is 17.9. The van der Waals surface area contributed by atoms with Crippen LogP contribution in [-0.4, -0.2) is 50.1 Å². The summed E-state index contributed by atoms with van der Waals surface area (Å²) in [5.41, 5.74) is 0.641. The predicted molar refractivity (Wildman–Crippen MR) is 140 cm³/mol. The number of non-ortho nitro benzene ring substituents is 1. The molecule has 38 heavy (non-hydrogen) atoms. The number of thiol groups is 1. The molecule has 0 unspecified atom stereocenters. The molecule has 0 aliphatic rings. The van der Waals surface area contributed by atoms with E-state index in [2.05, 4.69) is 19.6 Å². The molecule has 204 valence electrons. The number of ether oxygens (including phenoxy) is 1. The van der Waals surface area contributed by atoms with E-state index in [4.69, 9.17) is 21.4 Å². The van der Waals surface area contributed by atoms with Crippen molar-refractivity contribution >= 4 is 39.2 Å². The number of hydrogen-bond donors (Lipinski definition) is 4. The molecule has 0 fully saturated rings. The summed E-state index contributed by atoms with van der Waals surface area (Å²) in [5.74, 6) is -1.38. The minimum absolute atomic E-state index is 0.0807. The predicted octanol–water partition coefficient (Wildman–Crippen LogP) is 5.61. The fraction of sp³-hybridized carbons (Fsp3) is 0.261. The fourth-order valence-electron chi connectivity index (χ4n) is 3.53. The summed E-state index contributed by atoms with van der Waals surface area (Å²) in [4.78, 5) is 29.0. The number of amides is 1. The molecule has 11 nitrogen and oxygen atoms in total. The van der Waals surface area contributed by atoms with E-state index in [1.165, 1.54) is 24.5 Å². The quantitative estimate of drug-likeness (QED) is 0.0754. The Balaban J connectivity index is 1.61. The van der Waals surface area contributed by atoms with Crippen LogP contribution in [0.4, 0.5) is 25.0 Å². The van der Waals surface area contributed by atoms with Crippen LogP contribution >= 0.6 is 11.6 Å². The highest BCUT2D eigenvalue weighted by Crippen LogP contribution is 2.32. The number of unbranched alkanes of at least 4 members (excludes halogenated alkanes) is 1. The van der Waals surface area contributed by atoms with Crippen LogP contribution in [0, 0.1) is 21.7 Å². The maximum absolute atomic E-state index is 14.2. The van der Waals surface area contributed by atoms with Crippen molar-refractivity contribution in [2.75, 3.05) is 24.7 Å². The van der Waals surface area contributed by atoms with E-state index in [0.717, 1.165) is 18.3 Å². The summed E-state index contributed by atoms with van der Waals surface area (Å²) in [6.07, 6.45) is 1.74. The first kappa shape index (κ1) is 28.8. The number of carboxylic acid groups (broad SMARTS) is 1. The summed E-state index contributed by atoms with van der Waals surface area (Å²) in [5, 5.41) is 23.0. The molecule has 3 N–H and O–H groups in total. The maximum atomic E-state index is 14.2. The standard InChI is InChI=1S/C23H24ClF2N5O6S/c1-38(36,30-23(32)33)13-14-8-16(11-17(9-14)31(34)35)27-6-2-3-7-37-20-10-15(25)4-5-18(20)21-19(26)12-28-22(24)29-21/h4-5,8-12,27,38H,2-3,6-7,13H2,1H3,(H,30,36)(H,32,33). The number of rotatable bonds is 11. The van der Waals surface area contributed by atoms with Gasteiger partial charge in [0.15, 0.2) is 5.82 Å². The lowest BCUT2D eigenvalue weighted by molar-refractivity contribution is -0.384. The van der Waals surface area contributed by atoms with Gasteiger partial charge in [0, 0.05) is 41.7 Å². The maximum Gasteiger partial charge on any atom is 0.437 e. The Hall–Kier alpha value is -3.75. The number of halogens is 3. The van der Waals surface area contributed by atoms with Crippen molar-refractivity contribution in [1.29, 1.82) is 0 Å². The molecule has 3 rings (SSSR count). The average molecular weight is 572 g/mol. The third-order valence-electron chi connectivity index (χ3n) is 5.04. The van der Waals surface area contributed by atoms with Crippen molar-refractivity contribution in [2.45, 2.75) is 18.6 Å². The van der Waals surface area contributed by atoms with E-state index >= 15 is 0 Å². The number of aromatic nitrogens is 2. The van der Waals surface area contributed by atoms with Crippen LogP contribution in [0.1, 0.15) is 18.4 Å². The van der Waals surface area contributed by atoms with Crippen molar-refractivity contribution < 1.29 is 32.9 Å². The highest BCUT2D eigenvalue weighted by Gasteiger charge is 2.16. The lowest BCUT2D eigenvalue weighted by Crippen LogP contribution is -2.13. The fourth-order valence-corrected chi connectivity index (χ4v) is 4.97. The first-order valence-corrected chi connectivity index (χ1v) is 13.8. The minimum Gasteiger partial charge on any atom is -0.493 e. The molecule has 0 atom stereocenters. The second-order valence-electron chi connectivity index (χ2n) is 8.23. The molecule has 3 aromatic rings. The van der Waals surface area contributed by atoms with Gasteiger partial charge < -0.3 is 19.7 Å². The zero-order chi connectivity index (χ0) is 27.9. The van der Waals surface area contributed by atoms with E-state index in [9.17, 15) is 28.2 Å². The van der Waals surface area contributed by atoms with Gasteiger partial charge in [0.25, 0.3) is 5.69 Å². The van der Waals surface area contributed by atoms with Gasteiger partial charge in [-0.1, -0.05) is 10.1 Å². The van der Waals surface area contributed by atoms with E-state index in [1.807, 2.05) is 0 Å². The first-order valence-electron chi connectivity index (χ1n) is 11.1. The highest BCUT2D eigenvalue weighted by atomic mass is 35.5. The molecule has 2 aromatic carbocycles. The van der Waals surface area contributed by atoms with Crippen LogP contribution in [0.2, 0.25) is 5.28 Å². The second kappa shape index (κ2) is 12.7. The molecule has 15 heteroatoms. The van der Waals surface area contributed by atoms with Crippen LogP contribution in [0.5, 0.6) is 5.75 Å². The van der Waals surface area contributed by atoms with E-state index in [1.54, 1.807) is 6.07 Å². The Morgan fingerprint density at radius 1 is 1.26 bits per heavy atom. The molecule has 0 aliphatic heterocycles. The van der Waals surface area contributed by atoms with Gasteiger partial charge in [0.2, 0.25) is 5.28 Å². The zero-order valence-corrected chi connectivity index (χ0v) is 21.6. The van der Waals surface area contributed by atoms with E-state index in [0.29, 0.717) is 30.6 Å². The van der Waals surface area contributed by atoms with Gasteiger partial charge in [-0.05, 0) is 54.5 Å². The molecular formula is C23H24ClF2N5O6S. The largest absolute Gasteiger partial charge is 0.493 e. The average Bonchev–Trinajstić information content (AvgIpc) is 2.81. The monoisotopic (exact) mass is 571 g/mol. The van der Waals surface area contributed by atoms with Crippen LogP contribution < -0.4 is 10.1 Å². The Morgan fingerprint density at radius 2 is 2.03 bits per heavy atom. The summed E-state index contributed by atoms with van der Waals surface area (Å²) >= 11 is 5.76. The van der Waals surface area contributed by atoms with Gasteiger partial charge in [-0.2, -0.15) is 4.36 Å². The number of anilines is 1. The van der Waals surface area contributed by atoms with E-state index < -0.39 is 32.8 Å². The molecule has 0 radical (unpaired) electrons. The van der Waals surface area contributed by atoms with Crippen molar-refractivity contribution in [1.82, 2.24) is 9.97 Å². The molecule has 0 saturated carbocycles. The highest BCUT2D eigenvalue weighted by molar-refractivity contribution is 7.98. The molecule has 0 spiro atoms. The third kappa shape index (κ3) is 8.39. The topological polar surface area (TPSA) is 160 Å². The lowest BCUT2D eigenvalue weighted by Gasteiger charge is -2.17. The Morgan fingerprint density at radius 3 is 2.74 bits per heavy atom. The van der Waals surface area contributed by atoms with Crippen molar-refractivity contribution in [2.24, 2.45) is 4.36 Å². The number of benzene rings is 2. The Bertz CT molecular complexity index is 1400. The van der Waals surface area contributed by atoms with Gasteiger partial charge in [0.1, 0.15) is 17.3 Å². The molecule has 1 amide bonds. The number of hydrogen-bond acceptors (Lipinski definition) is 7. The van der Waals surface area contributed by atoms with Crippen LogP contribution in [0.25, 0.3) is 11.3 Å². The van der Waals surface area contributed by atoms with Crippen molar-refractivity contribution in [3.8, 4) is 17.0 Å². The summed E-state index contributed by atoms with van der Waals surface area (Å²) in [6, 6.07) is 7.75. The number of carbonyl (C=O) groups is 1. The number of nitro benzene ring substituents is 1. The summed E-state index contributed by atoms with van der Waals surface area (Å²) in [6.45, 7) is 0.546. The molecule has 0 bridgehead atoms. The summed E-state index contributed by atoms with van der Waals surface area (Å²) < 4.78 is 47.2. The number of nitrogens with one attached hydrogen (secondary N) is 1. The smallest absolute Gasteiger partial charge is 0.437 e. The van der Waals surface area contributed by atoms with Gasteiger partial charge in [-0.25, -0.2) is 23.5 Å². The van der Waals surface area contributed by atoms with Crippen molar-refractivity contribution in [3.05, 3.63) is 75.2 Å². The molecule has 0 saturated heterocycles. The molecular weight excluding hydrogens is 548 g/mol. The lowest BCUT2D eigenvalue weighted by atomic mass is 10.1. The van der Waals surface area contributed by atoms with Gasteiger partial charge in [0.05, 0.1) is 17.7 Å².